The number of nitrogens with zero attached hydrogens (tertiary/aromatic N) is 1. The average molecular weight is 424 g/mol. The van der Waals surface area contributed by atoms with E-state index in [4.69, 9.17) is 4.52 Å². The summed E-state index contributed by atoms with van der Waals surface area (Å²) in [6, 6.07) is 16.6. The molecule has 6 nitrogen and oxygen atoms in total. The van der Waals surface area contributed by atoms with Gasteiger partial charge in [-0.2, -0.15) is 0 Å². The molecule has 1 aliphatic carbocycles. The third kappa shape index (κ3) is 2.95. The van der Waals surface area contributed by atoms with E-state index in [1.165, 1.54) is 13.8 Å². The first-order valence-corrected chi connectivity index (χ1v) is 10.3. The molecule has 6 heteroatoms. The standard InChI is InChI=1S/C26H20N2O4/c1-13-8-10-16(11-9-13)27-20-12-19(21(14(2)29)15(3)30)24-23-22(20)25(31)17-6-4-5-7-18(17)26(23)32-28-24/h4-12,21,27H,1-3H3. The van der Waals surface area contributed by atoms with Gasteiger partial charge in [-0.1, -0.05) is 47.1 Å². The van der Waals surface area contributed by atoms with Crippen molar-refractivity contribution < 1.29 is 18.9 Å². The van der Waals surface area contributed by atoms with Crippen molar-refractivity contribution in [1.82, 2.24) is 5.16 Å². The molecule has 4 aromatic rings. The summed E-state index contributed by atoms with van der Waals surface area (Å²) in [7, 11) is 0. The highest BCUT2D eigenvalue weighted by Gasteiger charge is 2.35. The van der Waals surface area contributed by atoms with Crippen LogP contribution >= 0.6 is 0 Å². The molecule has 3 aromatic carbocycles. The van der Waals surface area contributed by atoms with Crippen LogP contribution < -0.4 is 5.32 Å². The van der Waals surface area contributed by atoms with Gasteiger partial charge in [0.25, 0.3) is 0 Å². The molecular formula is C26H20N2O4. The molecule has 0 aliphatic heterocycles. The van der Waals surface area contributed by atoms with Gasteiger partial charge in [0.15, 0.2) is 11.5 Å². The number of fused-ring (bicyclic) bond motifs is 2. The summed E-state index contributed by atoms with van der Waals surface area (Å²) in [6.45, 7) is 4.75. The van der Waals surface area contributed by atoms with E-state index in [0.29, 0.717) is 44.6 Å². The number of benzene rings is 3. The largest absolute Gasteiger partial charge is 0.355 e. The number of hydrogen-bond acceptors (Lipinski definition) is 6. The Kier molecular flexibility index (Phi) is 4.51. The summed E-state index contributed by atoms with van der Waals surface area (Å²) in [5.41, 5.74) is 4.78. The smallest absolute Gasteiger partial charge is 0.196 e. The maximum atomic E-state index is 13.6. The Bertz CT molecular complexity index is 1420. The third-order valence-corrected chi connectivity index (χ3v) is 5.88. The second-order valence-corrected chi connectivity index (χ2v) is 8.14. The first-order valence-electron chi connectivity index (χ1n) is 10.3. The number of carbonyl (C=O) groups is 3. The Balaban J connectivity index is 1.84. The number of aromatic nitrogens is 1. The van der Waals surface area contributed by atoms with Crippen LogP contribution in [0.1, 0.15) is 46.8 Å². The normalized spacial score (nSPS) is 12.2. The van der Waals surface area contributed by atoms with Crippen molar-refractivity contribution in [2.24, 2.45) is 0 Å². The van der Waals surface area contributed by atoms with E-state index in [0.717, 1.165) is 11.3 Å². The van der Waals surface area contributed by atoms with Gasteiger partial charge in [0.2, 0.25) is 0 Å². The van der Waals surface area contributed by atoms with Gasteiger partial charge in [0.05, 0.1) is 16.6 Å². The van der Waals surface area contributed by atoms with Crippen LogP contribution in [0.3, 0.4) is 0 Å². The minimum atomic E-state index is -0.993. The average Bonchev–Trinajstić information content (AvgIpc) is 3.20. The van der Waals surface area contributed by atoms with Gasteiger partial charge in [0, 0.05) is 22.4 Å². The molecule has 0 bridgehead atoms. The van der Waals surface area contributed by atoms with Crippen LogP contribution in [0.25, 0.3) is 22.2 Å². The first-order chi connectivity index (χ1) is 15.4. The van der Waals surface area contributed by atoms with Gasteiger partial charge in [0.1, 0.15) is 23.0 Å². The van der Waals surface area contributed by atoms with Crippen molar-refractivity contribution in [3.8, 4) is 11.3 Å². The maximum absolute atomic E-state index is 13.6. The highest BCUT2D eigenvalue weighted by molar-refractivity contribution is 6.28. The molecule has 158 valence electrons. The van der Waals surface area contributed by atoms with Crippen LogP contribution in [0.4, 0.5) is 11.4 Å². The third-order valence-electron chi connectivity index (χ3n) is 5.88. The van der Waals surface area contributed by atoms with Gasteiger partial charge >= 0.3 is 0 Å². The Morgan fingerprint density at radius 2 is 1.62 bits per heavy atom. The molecule has 0 saturated carbocycles. The van der Waals surface area contributed by atoms with Gasteiger partial charge in [-0.15, -0.1) is 0 Å². The van der Waals surface area contributed by atoms with Gasteiger partial charge in [-0.25, -0.2) is 0 Å². The number of nitrogens with one attached hydrogen (secondary N) is 1. The van der Waals surface area contributed by atoms with Crippen LogP contribution in [0.15, 0.2) is 59.1 Å². The lowest BCUT2D eigenvalue weighted by Crippen LogP contribution is -2.19. The Morgan fingerprint density at radius 3 is 2.28 bits per heavy atom. The van der Waals surface area contributed by atoms with E-state index in [2.05, 4.69) is 10.5 Å². The molecular weight excluding hydrogens is 404 g/mol. The molecule has 0 amide bonds. The molecule has 1 aromatic heterocycles. The van der Waals surface area contributed by atoms with E-state index in [9.17, 15) is 14.4 Å². The van der Waals surface area contributed by atoms with Crippen LogP contribution in [0, 0.1) is 6.92 Å². The van der Waals surface area contributed by atoms with Crippen LogP contribution in [0.5, 0.6) is 0 Å². The molecule has 0 spiro atoms. The topological polar surface area (TPSA) is 89.3 Å². The Hall–Kier alpha value is -4.06. The highest BCUT2D eigenvalue weighted by Crippen LogP contribution is 2.45. The Labute approximate surface area is 184 Å². The minimum absolute atomic E-state index is 0.162. The lowest BCUT2D eigenvalue weighted by atomic mass is 9.82. The highest BCUT2D eigenvalue weighted by atomic mass is 16.5. The second-order valence-electron chi connectivity index (χ2n) is 8.14. The predicted molar refractivity (Wildman–Crippen MR) is 121 cm³/mol. The molecule has 0 unspecified atom stereocenters. The fourth-order valence-electron chi connectivity index (χ4n) is 4.42. The van der Waals surface area contributed by atoms with Crippen molar-refractivity contribution in [3.63, 3.8) is 0 Å². The minimum Gasteiger partial charge on any atom is -0.355 e. The van der Waals surface area contributed by atoms with Gasteiger partial charge in [-0.05, 0) is 39.0 Å². The summed E-state index contributed by atoms with van der Waals surface area (Å²) < 4.78 is 5.69. The molecule has 5 rings (SSSR count). The monoisotopic (exact) mass is 424 g/mol. The fourth-order valence-corrected chi connectivity index (χ4v) is 4.42. The summed E-state index contributed by atoms with van der Waals surface area (Å²) in [5, 5.41) is 8.05. The molecule has 0 radical (unpaired) electrons. The summed E-state index contributed by atoms with van der Waals surface area (Å²) in [6.07, 6.45) is 0. The lowest BCUT2D eigenvalue weighted by Gasteiger charge is -2.21. The zero-order valence-corrected chi connectivity index (χ0v) is 17.9. The predicted octanol–water partition coefficient (Wildman–Crippen LogP) is 5.35. The number of carbonyl (C=O) groups excluding carboxylic acids is 3. The number of rotatable bonds is 5. The lowest BCUT2D eigenvalue weighted by molar-refractivity contribution is -0.126. The van der Waals surface area contributed by atoms with Crippen LogP contribution in [-0.2, 0) is 9.59 Å². The summed E-state index contributed by atoms with van der Waals surface area (Å²) in [5.74, 6) is -1.27. The number of ketones is 3. The van der Waals surface area contributed by atoms with E-state index >= 15 is 0 Å². The van der Waals surface area contributed by atoms with Gasteiger partial charge < -0.3 is 9.84 Å². The van der Waals surface area contributed by atoms with Crippen molar-refractivity contribution in [2.75, 3.05) is 5.32 Å². The van der Waals surface area contributed by atoms with Crippen molar-refractivity contribution >= 4 is 39.6 Å². The van der Waals surface area contributed by atoms with Crippen molar-refractivity contribution in [2.45, 2.75) is 26.7 Å². The van der Waals surface area contributed by atoms with Gasteiger partial charge in [-0.3, -0.25) is 14.4 Å². The Morgan fingerprint density at radius 1 is 0.969 bits per heavy atom. The van der Waals surface area contributed by atoms with E-state index in [1.807, 2.05) is 43.3 Å². The zero-order chi connectivity index (χ0) is 22.6. The molecule has 1 N–H and O–H groups in total. The van der Waals surface area contributed by atoms with E-state index in [1.54, 1.807) is 18.2 Å². The summed E-state index contributed by atoms with van der Waals surface area (Å²) >= 11 is 0. The van der Waals surface area contributed by atoms with E-state index < -0.39 is 5.92 Å². The van der Waals surface area contributed by atoms with E-state index in [-0.39, 0.29) is 17.3 Å². The molecule has 0 saturated heterocycles. The number of anilines is 2. The summed E-state index contributed by atoms with van der Waals surface area (Å²) in [4.78, 5) is 38.4. The SMILES string of the molecule is CC(=O)C(C(C)=O)c1cc(Nc2ccc(C)cc2)c2c3c(onc13)-c1ccccc1C2=O. The number of aryl methyl sites for hydroxylation is 1. The van der Waals surface area contributed by atoms with Crippen LogP contribution in [0.2, 0.25) is 0 Å². The number of Topliss-reactive ketones (excluding diaryl/α,β-unsaturated/α-hetero) is 2. The number of hydrogen-bond donors (Lipinski definition) is 1. The first kappa shape index (κ1) is 19.9. The second kappa shape index (κ2) is 7.27. The van der Waals surface area contributed by atoms with Crippen LogP contribution in [-0.4, -0.2) is 22.5 Å². The zero-order valence-electron chi connectivity index (χ0n) is 17.9. The van der Waals surface area contributed by atoms with Crippen molar-refractivity contribution in [3.05, 3.63) is 76.9 Å². The molecule has 1 heterocycles. The quantitative estimate of drug-likeness (QED) is 0.383. The molecule has 1 aliphatic rings. The fraction of sp³-hybridized carbons (Fsp3) is 0.154. The maximum Gasteiger partial charge on any atom is 0.196 e. The molecule has 32 heavy (non-hydrogen) atoms. The van der Waals surface area contributed by atoms with Crippen molar-refractivity contribution in [1.29, 1.82) is 0 Å². The molecule has 0 atom stereocenters. The molecule has 0 fully saturated rings.